The molecular formula is C33H62O4. The molecule has 0 aromatic heterocycles. The van der Waals surface area contributed by atoms with Crippen LogP contribution in [0.5, 0.6) is 0 Å². The molecule has 218 valence electrons. The summed E-state index contributed by atoms with van der Waals surface area (Å²) < 4.78 is 5.15. The molecule has 0 aromatic rings. The van der Waals surface area contributed by atoms with Crippen molar-refractivity contribution in [2.45, 2.75) is 174 Å². The molecule has 4 heteroatoms. The molecule has 0 aromatic carbocycles. The maximum absolute atomic E-state index is 12.0. The zero-order chi connectivity index (χ0) is 27.2. The van der Waals surface area contributed by atoms with Gasteiger partial charge in [0.1, 0.15) is 0 Å². The van der Waals surface area contributed by atoms with Crippen LogP contribution in [0.1, 0.15) is 174 Å². The van der Waals surface area contributed by atoms with Crippen molar-refractivity contribution in [3.05, 3.63) is 12.2 Å². The molecule has 0 saturated heterocycles. The third-order valence-corrected chi connectivity index (χ3v) is 7.27. The Morgan fingerprint density at radius 1 is 0.595 bits per heavy atom. The highest BCUT2D eigenvalue weighted by molar-refractivity contribution is 5.79. The van der Waals surface area contributed by atoms with Gasteiger partial charge in [-0.25, -0.2) is 0 Å². The maximum atomic E-state index is 12.0. The fourth-order valence-electron chi connectivity index (χ4n) is 4.89. The molecule has 0 radical (unpaired) electrons. The number of aliphatic carboxylic acids is 1. The second kappa shape index (κ2) is 29.2. The molecule has 0 saturated carbocycles. The Morgan fingerprint density at radius 2 is 1.00 bits per heavy atom. The summed E-state index contributed by atoms with van der Waals surface area (Å²) >= 11 is 0. The van der Waals surface area contributed by atoms with E-state index >= 15 is 0 Å². The Hall–Kier alpha value is -1.32. The molecule has 1 atom stereocenters. The van der Waals surface area contributed by atoms with Gasteiger partial charge < -0.3 is 9.84 Å². The Labute approximate surface area is 230 Å². The van der Waals surface area contributed by atoms with E-state index in [2.05, 4.69) is 19.1 Å². The minimum absolute atomic E-state index is 0.123. The highest BCUT2D eigenvalue weighted by Gasteiger charge is 2.22. The van der Waals surface area contributed by atoms with Crippen molar-refractivity contribution in [3.63, 3.8) is 0 Å². The number of carboxylic acid groups (broad SMARTS) is 1. The molecular weight excluding hydrogens is 460 g/mol. The molecule has 4 nitrogen and oxygen atoms in total. The van der Waals surface area contributed by atoms with Crippen LogP contribution in [-0.4, -0.2) is 23.7 Å². The van der Waals surface area contributed by atoms with Crippen LogP contribution in [0.4, 0.5) is 0 Å². The summed E-state index contributed by atoms with van der Waals surface area (Å²) in [7, 11) is 0. The molecule has 0 aliphatic carbocycles. The average Bonchev–Trinajstić information content (AvgIpc) is 2.88. The lowest BCUT2D eigenvalue weighted by atomic mass is 9.97. The maximum Gasteiger partial charge on any atom is 0.309 e. The fourth-order valence-corrected chi connectivity index (χ4v) is 4.89. The average molecular weight is 523 g/mol. The van der Waals surface area contributed by atoms with Gasteiger partial charge in [0.15, 0.2) is 0 Å². The van der Waals surface area contributed by atoms with Gasteiger partial charge in [-0.15, -0.1) is 0 Å². The van der Waals surface area contributed by atoms with E-state index in [1.807, 2.05) is 6.92 Å². The van der Waals surface area contributed by atoms with Gasteiger partial charge in [0, 0.05) is 0 Å². The van der Waals surface area contributed by atoms with Crippen molar-refractivity contribution in [3.8, 4) is 0 Å². The van der Waals surface area contributed by atoms with Crippen molar-refractivity contribution in [1.82, 2.24) is 0 Å². The number of allylic oxidation sites excluding steroid dienone is 2. The lowest BCUT2D eigenvalue weighted by Gasteiger charge is -2.13. The molecule has 0 aliphatic heterocycles. The van der Waals surface area contributed by atoms with Crippen molar-refractivity contribution in [1.29, 1.82) is 0 Å². The predicted octanol–water partition coefficient (Wildman–Crippen LogP) is 10.6. The topological polar surface area (TPSA) is 63.6 Å². The van der Waals surface area contributed by atoms with Crippen LogP contribution in [0, 0.1) is 5.92 Å². The fraction of sp³-hybridized carbons (Fsp3) is 0.879. The summed E-state index contributed by atoms with van der Waals surface area (Å²) in [6.45, 7) is 4.60. The summed E-state index contributed by atoms with van der Waals surface area (Å²) in [5.74, 6) is -1.77. The SMILES string of the molecule is CCCCCCCCCCCCCCCCCCC/C=C/CCCCCC(CC(=O)O)C(=O)OCCC. The highest BCUT2D eigenvalue weighted by Crippen LogP contribution is 2.17. The van der Waals surface area contributed by atoms with Gasteiger partial charge >= 0.3 is 11.9 Å². The van der Waals surface area contributed by atoms with Crippen molar-refractivity contribution >= 4 is 11.9 Å². The van der Waals surface area contributed by atoms with E-state index in [4.69, 9.17) is 9.84 Å². The molecule has 0 heterocycles. The second-order valence-electron chi connectivity index (χ2n) is 11.0. The summed E-state index contributed by atoms with van der Waals surface area (Å²) in [5, 5.41) is 9.03. The Balaban J connectivity index is 3.40. The van der Waals surface area contributed by atoms with Gasteiger partial charge in [-0.1, -0.05) is 142 Å². The number of unbranched alkanes of at least 4 members (excludes halogenated alkanes) is 20. The molecule has 0 fully saturated rings. The molecule has 1 N–H and O–H groups in total. The van der Waals surface area contributed by atoms with Gasteiger partial charge in [-0.3, -0.25) is 9.59 Å². The smallest absolute Gasteiger partial charge is 0.309 e. The van der Waals surface area contributed by atoms with E-state index in [1.54, 1.807) is 0 Å². The van der Waals surface area contributed by atoms with E-state index in [1.165, 1.54) is 116 Å². The van der Waals surface area contributed by atoms with Crippen molar-refractivity contribution in [2.24, 2.45) is 5.92 Å². The van der Waals surface area contributed by atoms with Crippen LogP contribution in [0.3, 0.4) is 0 Å². The van der Waals surface area contributed by atoms with E-state index in [0.717, 1.165) is 32.1 Å². The van der Waals surface area contributed by atoms with Crippen LogP contribution in [0.25, 0.3) is 0 Å². The Morgan fingerprint density at radius 3 is 1.41 bits per heavy atom. The number of hydrogen-bond acceptors (Lipinski definition) is 3. The largest absolute Gasteiger partial charge is 0.481 e. The molecule has 0 bridgehead atoms. The molecule has 0 rings (SSSR count). The zero-order valence-corrected chi connectivity index (χ0v) is 24.8. The molecule has 0 spiro atoms. The van der Waals surface area contributed by atoms with Gasteiger partial charge in [0.2, 0.25) is 0 Å². The van der Waals surface area contributed by atoms with Gasteiger partial charge in [0.25, 0.3) is 0 Å². The van der Waals surface area contributed by atoms with Crippen LogP contribution >= 0.6 is 0 Å². The third-order valence-electron chi connectivity index (χ3n) is 7.27. The van der Waals surface area contributed by atoms with Crippen LogP contribution < -0.4 is 0 Å². The zero-order valence-electron chi connectivity index (χ0n) is 24.8. The molecule has 1 unspecified atom stereocenters. The number of esters is 1. The van der Waals surface area contributed by atoms with Crippen LogP contribution in [0.2, 0.25) is 0 Å². The number of carboxylic acids is 1. The first-order chi connectivity index (χ1) is 18.1. The van der Waals surface area contributed by atoms with E-state index in [9.17, 15) is 9.59 Å². The predicted molar refractivity (Wildman–Crippen MR) is 158 cm³/mol. The first-order valence-corrected chi connectivity index (χ1v) is 16.1. The van der Waals surface area contributed by atoms with E-state index < -0.39 is 11.9 Å². The lowest BCUT2D eigenvalue weighted by Crippen LogP contribution is -2.21. The highest BCUT2D eigenvalue weighted by atomic mass is 16.5. The van der Waals surface area contributed by atoms with Crippen LogP contribution in [0.15, 0.2) is 12.2 Å². The normalized spacial score (nSPS) is 12.3. The molecule has 37 heavy (non-hydrogen) atoms. The minimum Gasteiger partial charge on any atom is -0.481 e. The number of hydrogen-bond donors (Lipinski definition) is 1. The lowest BCUT2D eigenvalue weighted by molar-refractivity contribution is -0.153. The Bertz CT molecular complexity index is 528. The molecule has 0 amide bonds. The number of ether oxygens (including phenoxy) is 1. The standard InChI is InChI=1S/C33H62O4/c1-3-5-6-7-8-9-10-11-12-13-14-15-16-17-18-19-20-21-22-23-24-25-26-27-28-31(30-32(34)35)33(36)37-29-4-2/h22-23,31H,3-21,24-30H2,1-2H3,(H,34,35)/b23-22+. The van der Waals surface area contributed by atoms with Crippen LogP contribution in [-0.2, 0) is 14.3 Å². The summed E-state index contributed by atoms with van der Waals surface area (Å²) in [4.78, 5) is 23.0. The van der Waals surface area contributed by atoms with Gasteiger partial charge in [-0.2, -0.15) is 0 Å². The molecule has 0 aliphatic rings. The quantitative estimate of drug-likeness (QED) is 0.0602. The summed E-state index contributed by atoms with van der Waals surface area (Å²) in [6.07, 6.45) is 35.2. The first kappa shape index (κ1) is 35.7. The van der Waals surface area contributed by atoms with Crippen molar-refractivity contribution < 1.29 is 19.4 Å². The summed E-state index contributed by atoms with van der Waals surface area (Å²) in [6, 6.07) is 0. The first-order valence-electron chi connectivity index (χ1n) is 16.1. The Kier molecular flexibility index (Phi) is 28.2. The summed E-state index contributed by atoms with van der Waals surface area (Å²) in [5.41, 5.74) is 0. The van der Waals surface area contributed by atoms with Crippen molar-refractivity contribution in [2.75, 3.05) is 6.61 Å². The third kappa shape index (κ3) is 27.5. The number of carbonyl (C=O) groups is 2. The van der Waals surface area contributed by atoms with E-state index in [-0.39, 0.29) is 12.4 Å². The minimum atomic E-state index is -0.925. The second-order valence-corrected chi connectivity index (χ2v) is 11.0. The number of rotatable bonds is 29. The van der Waals surface area contributed by atoms with E-state index in [0.29, 0.717) is 13.0 Å². The van der Waals surface area contributed by atoms with Gasteiger partial charge in [-0.05, 0) is 38.5 Å². The monoisotopic (exact) mass is 522 g/mol. The number of carbonyl (C=O) groups excluding carboxylic acids is 1. The van der Waals surface area contributed by atoms with Gasteiger partial charge in [0.05, 0.1) is 18.9 Å².